The van der Waals surface area contributed by atoms with Crippen molar-refractivity contribution < 1.29 is 5.11 Å². The first-order valence-electron chi connectivity index (χ1n) is 6.38. The van der Waals surface area contributed by atoms with Crippen LogP contribution in [0.15, 0.2) is 23.8 Å². The third kappa shape index (κ3) is 3.21. The fourth-order valence-electron chi connectivity index (χ4n) is 2.65. The Bertz CT molecular complexity index is 282. The van der Waals surface area contributed by atoms with Gasteiger partial charge in [-0.1, -0.05) is 30.7 Å². The summed E-state index contributed by atoms with van der Waals surface area (Å²) in [4.78, 5) is 0. The first-order valence-corrected chi connectivity index (χ1v) is 6.38. The van der Waals surface area contributed by atoms with E-state index in [1.165, 1.54) is 11.1 Å². The maximum atomic E-state index is 10.1. The largest absolute Gasteiger partial charge is 0.390 e. The molecule has 1 aliphatic rings. The van der Waals surface area contributed by atoms with Gasteiger partial charge in [-0.25, -0.2) is 0 Å². The van der Waals surface area contributed by atoms with Gasteiger partial charge < -0.3 is 5.11 Å². The molecule has 0 bridgehead atoms. The fraction of sp³-hybridized carbons (Fsp3) is 0.733. The molecule has 1 saturated carbocycles. The van der Waals surface area contributed by atoms with Gasteiger partial charge in [-0.15, -0.1) is 0 Å². The molecule has 0 aliphatic heterocycles. The molecule has 0 heterocycles. The van der Waals surface area contributed by atoms with Gasteiger partial charge in [0.05, 0.1) is 5.60 Å². The minimum absolute atomic E-state index is 0.353. The second kappa shape index (κ2) is 5.18. The Morgan fingerprint density at radius 1 is 1.50 bits per heavy atom. The molecule has 0 aromatic carbocycles. The quantitative estimate of drug-likeness (QED) is 0.710. The van der Waals surface area contributed by atoms with Gasteiger partial charge >= 0.3 is 0 Å². The lowest BCUT2D eigenvalue weighted by Crippen LogP contribution is -2.29. The highest BCUT2D eigenvalue weighted by molar-refractivity contribution is 5.10. The molecule has 0 aromatic heterocycles. The summed E-state index contributed by atoms with van der Waals surface area (Å²) in [5.41, 5.74) is 2.21. The van der Waals surface area contributed by atoms with Crippen molar-refractivity contribution >= 4 is 0 Å². The number of hydrogen-bond acceptors (Lipinski definition) is 1. The number of aliphatic hydroxyl groups is 1. The van der Waals surface area contributed by atoms with E-state index in [2.05, 4.69) is 33.4 Å². The van der Waals surface area contributed by atoms with E-state index in [1.807, 2.05) is 6.92 Å². The van der Waals surface area contributed by atoms with E-state index in [0.29, 0.717) is 11.8 Å². The van der Waals surface area contributed by atoms with Crippen molar-refractivity contribution in [3.05, 3.63) is 23.8 Å². The highest BCUT2D eigenvalue weighted by Crippen LogP contribution is 2.43. The second-order valence-corrected chi connectivity index (χ2v) is 5.77. The molecule has 16 heavy (non-hydrogen) atoms. The Morgan fingerprint density at radius 2 is 2.12 bits per heavy atom. The summed E-state index contributed by atoms with van der Waals surface area (Å²) in [5, 5.41) is 10.1. The van der Waals surface area contributed by atoms with Crippen LogP contribution in [0.25, 0.3) is 0 Å². The molecule has 0 spiro atoms. The van der Waals surface area contributed by atoms with E-state index in [1.54, 1.807) is 0 Å². The van der Waals surface area contributed by atoms with Gasteiger partial charge in [0.1, 0.15) is 0 Å². The lowest BCUT2D eigenvalue weighted by Gasteiger charge is -2.26. The fourth-order valence-corrected chi connectivity index (χ4v) is 2.65. The smallest absolute Gasteiger partial charge is 0.0651 e. The molecule has 3 atom stereocenters. The van der Waals surface area contributed by atoms with E-state index in [4.69, 9.17) is 0 Å². The number of rotatable bonds is 4. The van der Waals surface area contributed by atoms with Crippen molar-refractivity contribution in [2.75, 3.05) is 0 Å². The molecular weight excluding hydrogens is 196 g/mol. The third-order valence-corrected chi connectivity index (χ3v) is 4.09. The molecule has 1 aliphatic carbocycles. The summed E-state index contributed by atoms with van der Waals surface area (Å²) in [6, 6.07) is 0. The topological polar surface area (TPSA) is 20.2 Å². The van der Waals surface area contributed by atoms with Crippen LogP contribution in [0.2, 0.25) is 0 Å². The van der Waals surface area contributed by atoms with E-state index in [9.17, 15) is 5.11 Å². The molecule has 92 valence electrons. The third-order valence-electron chi connectivity index (χ3n) is 4.09. The molecule has 0 aromatic rings. The average Bonchev–Trinajstić information content (AvgIpc) is 2.41. The Morgan fingerprint density at radius 3 is 2.56 bits per heavy atom. The molecule has 1 rings (SSSR count). The van der Waals surface area contributed by atoms with E-state index >= 15 is 0 Å². The summed E-state index contributed by atoms with van der Waals surface area (Å²) >= 11 is 0. The first-order chi connectivity index (χ1) is 7.34. The van der Waals surface area contributed by atoms with Crippen LogP contribution in [0, 0.1) is 11.8 Å². The van der Waals surface area contributed by atoms with Crippen molar-refractivity contribution in [3.63, 3.8) is 0 Å². The van der Waals surface area contributed by atoms with E-state index in [0.717, 1.165) is 25.7 Å². The number of hydrogen-bond donors (Lipinski definition) is 1. The van der Waals surface area contributed by atoms with Crippen molar-refractivity contribution in [3.8, 4) is 0 Å². The molecule has 0 unspecified atom stereocenters. The monoisotopic (exact) mass is 222 g/mol. The first kappa shape index (κ1) is 13.5. The molecule has 1 heteroatoms. The van der Waals surface area contributed by atoms with Gasteiger partial charge in [0.2, 0.25) is 0 Å². The molecule has 1 N–H and O–H groups in total. The molecule has 0 saturated heterocycles. The van der Waals surface area contributed by atoms with Crippen LogP contribution in [0.1, 0.15) is 53.4 Å². The van der Waals surface area contributed by atoms with Crippen LogP contribution in [0.5, 0.6) is 0 Å². The lowest BCUT2D eigenvalue weighted by atomic mass is 9.83. The second-order valence-electron chi connectivity index (χ2n) is 5.77. The Balaban J connectivity index is 2.47. The number of allylic oxidation sites excluding steroid dienone is 3. The highest BCUT2D eigenvalue weighted by Gasteiger charge is 2.41. The molecule has 1 nitrogen and oxygen atoms in total. The summed E-state index contributed by atoms with van der Waals surface area (Å²) in [6.45, 7) is 12.6. The van der Waals surface area contributed by atoms with Crippen LogP contribution in [-0.2, 0) is 0 Å². The summed E-state index contributed by atoms with van der Waals surface area (Å²) in [7, 11) is 0. The van der Waals surface area contributed by atoms with Crippen molar-refractivity contribution in [2.24, 2.45) is 11.8 Å². The molecule has 1 fully saturated rings. The van der Waals surface area contributed by atoms with Crippen molar-refractivity contribution in [1.29, 1.82) is 0 Å². The van der Waals surface area contributed by atoms with Crippen LogP contribution < -0.4 is 0 Å². The van der Waals surface area contributed by atoms with Gasteiger partial charge in [-0.3, -0.25) is 0 Å². The SMILES string of the molecule is C=C(CCC=C(C)C)[C@H]1CC[C@](C)(O)[C@@H]1C. The Hall–Kier alpha value is -0.560. The zero-order valence-corrected chi connectivity index (χ0v) is 11.2. The predicted octanol–water partition coefficient (Wildman–Crippen LogP) is 4.09. The van der Waals surface area contributed by atoms with Crippen LogP contribution in [-0.4, -0.2) is 10.7 Å². The Kier molecular flexibility index (Phi) is 4.37. The van der Waals surface area contributed by atoms with Crippen LogP contribution in [0.3, 0.4) is 0 Å². The van der Waals surface area contributed by atoms with Gasteiger partial charge in [0.25, 0.3) is 0 Å². The minimum Gasteiger partial charge on any atom is -0.390 e. The van der Waals surface area contributed by atoms with Gasteiger partial charge in [-0.2, -0.15) is 0 Å². The Labute approximate surface area is 100 Å². The van der Waals surface area contributed by atoms with E-state index in [-0.39, 0.29) is 0 Å². The summed E-state index contributed by atoms with van der Waals surface area (Å²) in [5.74, 6) is 0.868. The van der Waals surface area contributed by atoms with E-state index < -0.39 is 5.60 Å². The highest BCUT2D eigenvalue weighted by atomic mass is 16.3. The zero-order valence-electron chi connectivity index (χ0n) is 11.2. The summed E-state index contributed by atoms with van der Waals surface area (Å²) < 4.78 is 0. The van der Waals surface area contributed by atoms with Gasteiger partial charge in [0, 0.05) is 0 Å². The maximum Gasteiger partial charge on any atom is 0.0651 e. The minimum atomic E-state index is -0.482. The average molecular weight is 222 g/mol. The summed E-state index contributed by atoms with van der Waals surface area (Å²) in [6.07, 6.45) is 6.44. The zero-order chi connectivity index (χ0) is 12.3. The van der Waals surface area contributed by atoms with Crippen molar-refractivity contribution in [2.45, 2.75) is 59.0 Å². The standard InChI is InChI=1S/C15H26O/c1-11(2)7-6-8-12(3)14-9-10-15(5,16)13(14)4/h7,13-14,16H,3,6,8-10H2,1-2,4-5H3/t13-,14-,15+/m1/s1. The molecule has 0 amide bonds. The van der Waals surface area contributed by atoms with Gasteiger partial charge in [-0.05, 0) is 58.3 Å². The predicted molar refractivity (Wildman–Crippen MR) is 70.3 cm³/mol. The molecular formula is C15H26O. The molecule has 0 radical (unpaired) electrons. The maximum absolute atomic E-state index is 10.1. The van der Waals surface area contributed by atoms with Crippen LogP contribution in [0.4, 0.5) is 0 Å². The lowest BCUT2D eigenvalue weighted by molar-refractivity contribution is 0.0214. The normalized spacial score (nSPS) is 33.8. The van der Waals surface area contributed by atoms with Crippen molar-refractivity contribution in [1.82, 2.24) is 0 Å². The van der Waals surface area contributed by atoms with Gasteiger partial charge in [0.15, 0.2) is 0 Å². The van der Waals surface area contributed by atoms with Crippen LogP contribution >= 0.6 is 0 Å².